The van der Waals surface area contributed by atoms with Crippen LogP contribution in [0.15, 0.2) is 17.3 Å². The second-order valence-corrected chi connectivity index (χ2v) is 4.23. The zero-order valence-corrected chi connectivity index (χ0v) is 8.35. The third-order valence-corrected chi connectivity index (χ3v) is 2.63. The normalized spacial score (nSPS) is 11.3. The molecule has 0 bridgehead atoms. The van der Waals surface area contributed by atoms with Crippen molar-refractivity contribution in [3.05, 3.63) is 17.4 Å². The van der Waals surface area contributed by atoms with Gasteiger partial charge in [-0.05, 0) is 0 Å². The van der Waals surface area contributed by atoms with Crippen molar-refractivity contribution in [2.45, 2.75) is 4.90 Å². The average Bonchev–Trinajstić information content (AvgIpc) is 2.02. The van der Waals surface area contributed by atoms with Gasteiger partial charge in [-0.2, -0.15) is 0 Å². The van der Waals surface area contributed by atoms with Crippen molar-refractivity contribution in [1.29, 1.82) is 0 Å². The molecule has 0 aliphatic rings. The lowest BCUT2D eigenvalue weighted by atomic mass is 10.4. The molecular formula is C6H8ClN3O2S. The number of halogens is 1. The molecule has 0 spiro atoms. The lowest BCUT2D eigenvalue weighted by Crippen LogP contribution is -2.14. The van der Waals surface area contributed by atoms with Crippen LogP contribution in [0.4, 0.5) is 5.69 Å². The van der Waals surface area contributed by atoms with Gasteiger partial charge in [-0.3, -0.25) is 4.98 Å². The Labute approximate surface area is 81.0 Å². The third-order valence-electron chi connectivity index (χ3n) is 1.42. The second-order valence-electron chi connectivity index (χ2n) is 2.29. The molecule has 0 radical (unpaired) electrons. The molecular weight excluding hydrogens is 214 g/mol. The zero-order valence-electron chi connectivity index (χ0n) is 6.78. The van der Waals surface area contributed by atoms with Gasteiger partial charge in [0.1, 0.15) is 4.90 Å². The summed E-state index contributed by atoms with van der Waals surface area (Å²) < 4.78 is 22.0. The minimum absolute atomic E-state index is 0.109. The molecule has 1 heterocycles. The van der Waals surface area contributed by atoms with Crippen molar-refractivity contribution < 1.29 is 8.42 Å². The van der Waals surface area contributed by atoms with Crippen molar-refractivity contribution in [2.75, 3.05) is 12.4 Å². The van der Waals surface area contributed by atoms with E-state index in [-0.39, 0.29) is 15.6 Å². The number of hydrogen-bond acceptors (Lipinski definition) is 4. The largest absolute Gasteiger partial charge is 0.386 e. The summed E-state index contributed by atoms with van der Waals surface area (Å²) in [5, 5.41) is 7.79. The molecule has 1 aromatic heterocycles. The molecule has 0 unspecified atom stereocenters. The van der Waals surface area contributed by atoms with Crippen LogP contribution in [-0.4, -0.2) is 20.4 Å². The number of aromatic nitrogens is 1. The minimum atomic E-state index is -3.78. The quantitative estimate of drug-likeness (QED) is 0.758. The highest BCUT2D eigenvalue weighted by Crippen LogP contribution is 2.26. The summed E-state index contributed by atoms with van der Waals surface area (Å²) in [6.07, 6.45) is 2.48. The molecule has 0 saturated heterocycles. The SMILES string of the molecule is CNc1c(Cl)cncc1S(N)(=O)=O. The number of primary sulfonamides is 1. The predicted octanol–water partition coefficient (Wildman–Crippen LogP) is 0.424. The first kappa shape index (κ1) is 10.2. The van der Waals surface area contributed by atoms with Gasteiger partial charge in [-0.25, -0.2) is 13.6 Å². The van der Waals surface area contributed by atoms with Crippen LogP contribution < -0.4 is 10.5 Å². The van der Waals surface area contributed by atoms with Crippen LogP contribution in [0.25, 0.3) is 0 Å². The number of nitrogens with two attached hydrogens (primary N) is 1. The number of nitrogens with zero attached hydrogens (tertiary/aromatic N) is 1. The fraction of sp³-hybridized carbons (Fsp3) is 0.167. The van der Waals surface area contributed by atoms with E-state index in [4.69, 9.17) is 16.7 Å². The highest BCUT2D eigenvalue weighted by atomic mass is 35.5. The molecule has 13 heavy (non-hydrogen) atoms. The summed E-state index contributed by atoms with van der Waals surface area (Å²) >= 11 is 5.69. The molecule has 1 aromatic rings. The number of nitrogens with one attached hydrogen (secondary N) is 1. The Hall–Kier alpha value is -0.850. The first-order valence-electron chi connectivity index (χ1n) is 3.31. The van der Waals surface area contributed by atoms with E-state index < -0.39 is 10.0 Å². The van der Waals surface area contributed by atoms with E-state index >= 15 is 0 Å². The van der Waals surface area contributed by atoms with E-state index in [1.54, 1.807) is 7.05 Å². The van der Waals surface area contributed by atoms with Crippen molar-refractivity contribution in [1.82, 2.24) is 4.98 Å². The molecule has 7 heteroatoms. The van der Waals surface area contributed by atoms with Crippen molar-refractivity contribution >= 4 is 27.3 Å². The maximum atomic E-state index is 11.0. The van der Waals surface area contributed by atoms with Crippen LogP contribution in [0.5, 0.6) is 0 Å². The fourth-order valence-electron chi connectivity index (χ4n) is 0.876. The van der Waals surface area contributed by atoms with Crippen LogP contribution in [-0.2, 0) is 10.0 Å². The van der Waals surface area contributed by atoms with E-state index in [1.807, 2.05) is 0 Å². The molecule has 0 aliphatic heterocycles. The van der Waals surface area contributed by atoms with Gasteiger partial charge in [-0.15, -0.1) is 0 Å². The van der Waals surface area contributed by atoms with Gasteiger partial charge < -0.3 is 5.32 Å². The fourth-order valence-corrected chi connectivity index (χ4v) is 1.89. The highest BCUT2D eigenvalue weighted by molar-refractivity contribution is 7.89. The minimum Gasteiger partial charge on any atom is -0.386 e. The van der Waals surface area contributed by atoms with E-state index in [0.717, 1.165) is 6.20 Å². The maximum absolute atomic E-state index is 11.0. The Morgan fingerprint density at radius 2 is 2.15 bits per heavy atom. The summed E-state index contributed by atoms with van der Waals surface area (Å²) in [5.74, 6) is 0. The predicted molar refractivity (Wildman–Crippen MR) is 50.2 cm³/mol. The first-order valence-corrected chi connectivity index (χ1v) is 5.23. The standard InChI is InChI=1S/C6H8ClN3O2S/c1-9-6-4(7)2-10-3-5(6)13(8,11)12/h2-3H,1H3,(H,9,10)(H2,8,11,12). The van der Waals surface area contributed by atoms with Gasteiger partial charge in [0.15, 0.2) is 0 Å². The summed E-state index contributed by atoms with van der Waals surface area (Å²) in [7, 11) is -2.23. The molecule has 0 amide bonds. The van der Waals surface area contributed by atoms with Gasteiger partial charge >= 0.3 is 0 Å². The summed E-state index contributed by atoms with van der Waals surface area (Å²) in [6.45, 7) is 0. The number of anilines is 1. The second kappa shape index (κ2) is 3.49. The van der Waals surface area contributed by atoms with Crippen LogP contribution in [0, 0.1) is 0 Å². The summed E-state index contributed by atoms with van der Waals surface area (Å²) in [5.41, 5.74) is 0.263. The molecule has 0 aromatic carbocycles. The average molecular weight is 222 g/mol. The molecule has 5 nitrogen and oxygen atoms in total. The van der Waals surface area contributed by atoms with E-state index in [1.165, 1.54) is 6.20 Å². The van der Waals surface area contributed by atoms with Gasteiger partial charge in [0.25, 0.3) is 0 Å². The third kappa shape index (κ3) is 2.09. The monoisotopic (exact) mass is 221 g/mol. The number of sulfonamides is 1. The molecule has 0 atom stereocenters. The topological polar surface area (TPSA) is 85.1 Å². The molecule has 1 rings (SSSR count). The Kier molecular flexibility index (Phi) is 2.74. The van der Waals surface area contributed by atoms with Gasteiger partial charge in [0.2, 0.25) is 10.0 Å². The van der Waals surface area contributed by atoms with E-state index in [0.29, 0.717) is 0 Å². The molecule has 0 saturated carbocycles. The number of pyridine rings is 1. The van der Waals surface area contributed by atoms with Crippen LogP contribution in [0.2, 0.25) is 5.02 Å². The van der Waals surface area contributed by atoms with Crippen LogP contribution in [0.1, 0.15) is 0 Å². The Morgan fingerprint density at radius 1 is 1.54 bits per heavy atom. The van der Waals surface area contributed by atoms with E-state index in [9.17, 15) is 8.42 Å². The Balaban J connectivity index is 3.47. The Bertz CT molecular complexity index is 418. The van der Waals surface area contributed by atoms with Crippen LogP contribution in [0.3, 0.4) is 0 Å². The highest BCUT2D eigenvalue weighted by Gasteiger charge is 2.15. The molecule has 0 fully saturated rings. The maximum Gasteiger partial charge on any atom is 0.241 e. The lowest BCUT2D eigenvalue weighted by Gasteiger charge is -2.07. The van der Waals surface area contributed by atoms with Gasteiger partial charge in [-0.1, -0.05) is 11.6 Å². The lowest BCUT2D eigenvalue weighted by molar-refractivity contribution is 0.597. The van der Waals surface area contributed by atoms with Crippen molar-refractivity contribution in [2.24, 2.45) is 5.14 Å². The molecule has 72 valence electrons. The summed E-state index contributed by atoms with van der Waals surface area (Å²) in [4.78, 5) is 3.52. The van der Waals surface area contributed by atoms with Crippen LogP contribution >= 0.6 is 11.6 Å². The Morgan fingerprint density at radius 3 is 2.54 bits per heavy atom. The molecule has 0 aliphatic carbocycles. The first-order chi connectivity index (χ1) is 5.96. The molecule has 3 N–H and O–H groups in total. The number of hydrogen-bond donors (Lipinski definition) is 2. The van der Waals surface area contributed by atoms with Gasteiger partial charge in [0, 0.05) is 19.4 Å². The van der Waals surface area contributed by atoms with Crippen molar-refractivity contribution in [3.63, 3.8) is 0 Å². The number of rotatable bonds is 2. The summed E-state index contributed by atoms with van der Waals surface area (Å²) in [6, 6.07) is 0. The van der Waals surface area contributed by atoms with E-state index in [2.05, 4.69) is 10.3 Å². The van der Waals surface area contributed by atoms with Crippen molar-refractivity contribution in [3.8, 4) is 0 Å². The zero-order chi connectivity index (χ0) is 10.1. The smallest absolute Gasteiger partial charge is 0.241 e. The van der Waals surface area contributed by atoms with Gasteiger partial charge in [0.05, 0.1) is 10.7 Å².